The molecule has 4 rings (SSSR count). The van der Waals surface area contributed by atoms with Gasteiger partial charge in [0.2, 0.25) is 0 Å². The van der Waals surface area contributed by atoms with Crippen molar-refractivity contribution < 1.29 is 0 Å². The molecule has 3 aromatic heterocycles. The average molecular weight is 423 g/mol. The summed E-state index contributed by atoms with van der Waals surface area (Å²) in [4.78, 5) is 14.8. The van der Waals surface area contributed by atoms with Gasteiger partial charge in [0.25, 0.3) is 0 Å². The number of aliphatic imine (C=N–C) groups is 1. The van der Waals surface area contributed by atoms with Crippen molar-refractivity contribution in [1.82, 2.24) is 25.2 Å². The highest BCUT2D eigenvalue weighted by atomic mass is 32.1. The van der Waals surface area contributed by atoms with Crippen molar-refractivity contribution in [2.45, 2.75) is 51.0 Å². The lowest BCUT2D eigenvalue weighted by Gasteiger charge is -2.37. The van der Waals surface area contributed by atoms with Gasteiger partial charge in [-0.15, -0.1) is 11.3 Å². The van der Waals surface area contributed by atoms with Crippen molar-refractivity contribution in [1.29, 1.82) is 0 Å². The third-order valence-corrected chi connectivity index (χ3v) is 7.13. The number of nitrogens with one attached hydrogen (secondary N) is 2. The Morgan fingerprint density at radius 3 is 2.67 bits per heavy atom. The van der Waals surface area contributed by atoms with Crippen LogP contribution >= 0.6 is 11.3 Å². The van der Waals surface area contributed by atoms with Crippen LogP contribution in [0.1, 0.15) is 48.4 Å². The fraction of sp³-hybridized carbons (Fsp3) is 0.435. The van der Waals surface area contributed by atoms with E-state index < -0.39 is 0 Å². The van der Waals surface area contributed by atoms with Gasteiger partial charge in [-0.2, -0.15) is 0 Å². The van der Waals surface area contributed by atoms with Gasteiger partial charge in [-0.25, -0.2) is 9.97 Å². The van der Waals surface area contributed by atoms with Crippen molar-refractivity contribution in [2.75, 3.05) is 13.6 Å². The van der Waals surface area contributed by atoms with E-state index in [4.69, 9.17) is 0 Å². The van der Waals surface area contributed by atoms with Crippen LogP contribution in [0.4, 0.5) is 0 Å². The van der Waals surface area contributed by atoms with Crippen LogP contribution in [0.2, 0.25) is 0 Å². The standard InChI is InChI=1S/C23H30N6S/c1-18-25-12-13-29(18)21-9-8-19(15-26-21)16-27-22(24-2)28-17-23(10-4-3-5-11-23)20-7-6-14-30-20/h6-9,12-15H,3-5,10-11,16-17H2,1-2H3,(H2,24,27,28). The van der Waals surface area contributed by atoms with Crippen LogP contribution in [0.5, 0.6) is 0 Å². The third-order valence-electron chi connectivity index (χ3n) is 6.01. The van der Waals surface area contributed by atoms with E-state index in [0.29, 0.717) is 6.54 Å². The van der Waals surface area contributed by atoms with E-state index in [1.807, 2.05) is 48.3 Å². The Balaban J connectivity index is 1.35. The smallest absolute Gasteiger partial charge is 0.191 e. The zero-order valence-corrected chi connectivity index (χ0v) is 18.6. The molecule has 0 saturated heterocycles. The summed E-state index contributed by atoms with van der Waals surface area (Å²) in [5, 5.41) is 9.22. The number of hydrogen-bond donors (Lipinski definition) is 2. The molecule has 0 aromatic carbocycles. The molecule has 1 aliphatic carbocycles. The molecule has 1 saturated carbocycles. The molecule has 0 amide bonds. The molecule has 0 spiro atoms. The normalized spacial score (nSPS) is 16.4. The number of aromatic nitrogens is 3. The Labute approximate surface area is 182 Å². The van der Waals surface area contributed by atoms with Gasteiger partial charge < -0.3 is 10.6 Å². The molecular formula is C23H30N6S. The van der Waals surface area contributed by atoms with Crippen LogP contribution in [0.15, 0.2) is 53.2 Å². The first-order valence-electron chi connectivity index (χ1n) is 10.6. The predicted molar refractivity (Wildman–Crippen MR) is 123 cm³/mol. The fourth-order valence-electron chi connectivity index (χ4n) is 4.26. The lowest BCUT2D eigenvalue weighted by molar-refractivity contribution is 0.296. The molecule has 1 aliphatic rings. The minimum atomic E-state index is 0.232. The van der Waals surface area contributed by atoms with E-state index in [1.165, 1.54) is 37.0 Å². The molecule has 3 heterocycles. The minimum absolute atomic E-state index is 0.232. The molecule has 0 unspecified atom stereocenters. The third kappa shape index (κ3) is 4.56. The first-order valence-corrected chi connectivity index (χ1v) is 11.5. The molecule has 7 heteroatoms. The maximum atomic E-state index is 4.57. The minimum Gasteiger partial charge on any atom is -0.355 e. The Morgan fingerprint density at radius 1 is 1.17 bits per heavy atom. The van der Waals surface area contributed by atoms with Crippen molar-refractivity contribution in [3.05, 3.63) is 64.5 Å². The summed E-state index contributed by atoms with van der Waals surface area (Å²) in [6.45, 7) is 3.58. The first kappa shape index (κ1) is 20.6. The van der Waals surface area contributed by atoms with Gasteiger partial charge in [-0.1, -0.05) is 31.4 Å². The fourth-order valence-corrected chi connectivity index (χ4v) is 5.25. The van der Waals surface area contributed by atoms with Crippen molar-refractivity contribution >= 4 is 17.3 Å². The number of aryl methyl sites for hydroxylation is 1. The van der Waals surface area contributed by atoms with Crippen molar-refractivity contribution in [3.8, 4) is 5.82 Å². The summed E-state index contributed by atoms with van der Waals surface area (Å²) < 4.78 is 1.98. The predicted octanol–water partition coefficient (Wildman–Crippen LogP) is 4.20. The lowest BCUT2D eigenvalue weighted by Crippen LogP contribution is -2.46. The van der Waals surface area contributed by atoms with Gasteiger partial charge >= 0.3 is 0 Å². The number of pyridine rings is 1. The molecule has 0 bridgehead atoms. The Bertz CT molecular complexity index is 952. The Morgan fingerprint density at radius 2 is 2.03 bits per heavy atom. The second kappa shape index (κ2) is 9.43. The molecule has 1 fully saturated rings. The maximum absolute atomic E-state index is 4.57. The summed E-state index contributed by atoms with van der Waals surface area (Å²) >= 11 is 1.88. The van der Waals surface area contributed by atoms with Crippen LogP contribution in [0.25, 0.3) is 5.82 Å². The highest BCUT2D eigenvalue weighted by Gasteiger charge is 2.34. The number of guanidine groups is 1. The second-order valence-electron chi connectivity index (χ2n) is 7.97. The Kier molecular flexibility index (Phi) is 6.47. The molecule has 3 aromatic rings. The average Bonchev–Trinajstić information content (AvgIpc) is 3.47. The highest BCUT2D eigenvalue weighted by molar-refractivity contribution is 7.10. The molecule has 6 nitrogen and oxygen atoms in total. The first-order chi connectivity index (χ1) is 14.7. The van der Waals surface area contributed by atoms with Crippen LogP contribution in [0.3, 0.4) is 0 Å². The van der Waals surface area contributed by atoms with Crippen molar-refractivity contribution in [3.63, 3.8) is 0 Å². The SMILES string of the molecule is CN=C(NCc1ccc(-n2ccnc2C)nc1)NCC1(c2cccs2)CCCCC1. The van der Waals surface area contributed by atoms with E-state index >= 15 is 0 Å². The number of rotatable bonds is 6. The highest BCUT2D eigenvalue weighted by Crippen LogP contribution is 2.41. The summed E-state index contributed by atoms with van der Waals surface area (Å²) in [5.74, 6) is 2.65. The Hall–Kier alpha value is -2.67. The van der Waals surface area contributed by atoms with E-state index in [9.17, 15) is 0 Å². The zero-order chi connectivity index (χ0) is 20.8. The molecule has 0 radical (unpaired) electrons. The molecule has 158 valence electrons. The van der Waals surface area contributed by atoms with E-state index in [1.54, 1.807) is 6.20 Å². The van der Waals surface area contributed by atoms with Crippen LogP contribution in [0, 0.1) is 6.92 Å². The molecule has 30 heavy (non-hydrogen) atoms. The van der Waals surface area contributed by atoms with Crippen LogP contribution in [-0.4, -0.2) is 34.1 Å². The quantitative estimate of drug-likeness (QED) is 0.461. The zero-order valence-electron chi connectivity index (χ0n) is 17.8. The summed E-state index contributed by atoms with van der Waals surface area (Å²) in [6, 6.07) is 8.58. The van der Waals surface area contributed by atoms with Gasteiger partial charge in [0, 0.05) is 49.0 Å². The van der Waals surface area contributed by atoms with Gasteiger partial charge in [0.15, 0.2) is 5.96 Å². The summed E-state index contributed by atoms with van der Waals surface area (Å²) in [7, 11) is 1.83. The van der Waals surface area contributed by atoms with Crippen LogP contribution in [-0.2, 0) is 12.0 Å². The van der Waals surface area contributed by atoms with Gasteiger partial charge in [-0.3, -0.25) is 9.56 Å². The van der Waals surface area contributed by atoms with E-state index in [-0.39, 0.29) is 5.41 Å². The number of nitrogens with zero attached hydrogens (tertiary/aromatic N) is 4. The van der Waals surface area contributed by atoms with Gasteiger partial charge in [-0.05, 0) is 42.8 Å². The van der Waals surface area contributed by atoms with Gasteiger partial charge in [0.05, 0.1) is 0 Å². The topological polar surface area (TPSA) is 67.1 Å². The number of thiophene rings is 1. The van der Waals surface area contributed by atoms with Gasteiger partial charge in [0.1, 0.15) is 11.6 Å². The lowest BCUT2D eigenvalue weighted by atomic mass is 9.73. The van der Waals surface area contributed by atoms with E-state index in [0.717, 1.165) is 29.7 Å². The molecule has 2 N–H and O–H groups in total. The summed E-state index contributed by atoms with van der Waals surface area (Å²) in [6.07, 6.45) is 12.1. The molecule has 0 atom stereocenters. The molecular weight excluding hydrogens is 392 g/mol. The number of imidazole rings is 1. The van der Waals surface area contributed by atoms with Crippen LogP contribution < -0.4 is 10.6 Å². The molecule has 0 aliphatic heterocycles. The monoisotopic (exact) mass is 422 g/mol. The number of hydrogen-bond acceptors (Lipinski definition) is 4. The maximum Gasteiger partial charge on any atom is 0.191 e. The summed E-state index contributed by atoms with van der Waals surface area (Å²) in [5.41, 5.74) is 1.35. The van der Waals surface area contributed by atoms with E-state index in [2.05, 4.69) is 49.2 Å². The second-order valence-corrected chi connectivity index (χ2v) is 8.91. The largest absolute Gasteiger partial charge is 0.355 e. The van der Waals surface area contributed by atoms with Crippen molar-refractivity contribution in [2.24, 2.45) is 4.99 Å².